The number of hydrogen-bond donors (Lipinski definition) is 2. The van der Waals surface area contributed by atoms with Crippen molar-refractivity contribution in [2.45, 2.75) is 63.8 Å². The number of carbonyl (C=O) groups is 2. The fourth-order valence-corrected chi connectivity index (χ4v) is 4.41. The third-order valence-electron chi connectivity index (χ3n) is 6.16. The van der Waals surface area contributed by atoms with E-state index in [9.17, 15) is 9.59 Å². The monoisotopic (exact) mass is 401 g/mol. The standard InChI is InChI=1S/C23H35N3O3/c1-29-21-11-5-7-18(17-21)8-6-14-24-23(28)25-20-12-15-26(16-13-20)22(27)19-9-3-2-4-10-19/h5,7,11,17,19-20H,2-4,6,8-10,12-16H2,1H3,(H2,24,25,28). The summed E-state index contributed by atoms with van der Waals surface area (Å²) in [7, 11) is 1.67. The second-order valence-electron chi connectivity index (χ2n) is 8.29. The van der Waals surface area contributed by atoms with Gasteiger partial charge in [-0.05, 0) is 56.2 Å². The maximum absolute atomic E-state index is 12.6. The summed E-state index contributed by atoms with van der Waals surface area (Å²) in [5, 5.41) is 6.02. The van der Waals surface area contributed by atoms with Crippen molar-refractivity contribution in [3.8, 4) is 5.75 Å². The number of urea groups is 1. The first kappa shape index (κ1) is 21.5. The first-order valence-corrected chi connectivity index (χ1v) is 11.1. The quantitative estimate of drug-likeness (QED) is 0.687. The summed E-state index contributed by atoms with van der Waals surface area (Å²) in [5.74, 6) is 1.44. The first-order chi connectivity index (χ1) is 14.2. The van der Waals surface area contributed by atoms with Crippen LogP contribution in [0, 0.1) is 5.92 Å². The first-order valence-electron chi connectivity index (χ1n) is 11.1. The number of methoxy groups -OCH3 is 1. The lowest BCUT2D eigenvalue weighted by molar-refractivity contribution is -0.137. The molecule has 1 aliphatic heterocycles. The highest BCUT2D eigenvalue weighted by Crippen LogP contribution is 2.26. The van der Waals surface area contributed by atoms with Gasteiger partial charge in [-0.25, -0.2) is 4.79 Å². The number of rotatable bonds is 7. The molecule has 2 N–H and O–H groups in total. The van der Waals surface area contributed by atoms with Gasteiger partial charge >= 0.3 is 6.03 Å². The van der Waals surface area contributed by atoms with Gasteiger partial charge in [-0.3, -0.25) is 4.79 Å². The molecule has 160 valence electrons. The highest BCUT2D eigenvalue weighted by atomic mass is 16.5. The molecule has 1 saturated heterocycles. The summed E-state index contributed by atoms with van der Waals surface area (Å²) < 4.78 is 5.24. The molecule has 6 heteroatoms. The fraction of sp³-hybridized carbons (Fsp3) is 0.652. The van der Waals surface area contributed by atoms with E-state index < -0.39 is 0 Å². The van der Waals surface area contributed by atoms with Gasteiger partial charge in [-0.2, -0.15) is 0 Å². The van der Waals surface area contributed by atoms with E-state index in [1.165, 1.54) is 24.8 Å². The van der Waals surface area contributed by atoms with Crippen LogP contribution in [0.2, 0.25) is 0 Å². The highest BCUT2D eigenvalue weighted by molar-refractivity contribution is 5.79. The number of nitrogens with zero attached hydrogens (tertiary/aromatic N) is 1. The lowest BCUT2D eigenvalue weighted by atomic mass is 9.87. The minimum Gasteiger partial charge on any atom is -0.497 e. The van der Waals surface area contributed by atoms with Gasteiger partial charge in [0.05, 0.1) is 7.11 Å². The Morgan fingerprint density at radius 1 is 1.10 bits per heavy atom. The van der Waals surface area contributed by atoms with E-state index in [1.807, 2.05) is 23.1 Å². The Bertz CT molecular complexity index is 665. The molecule has 0 radical (unpaired) electrons. The van der Waals surface area contributed by atoms with Crippen LogP contribution in [0.15, 0.2) is 24.3 Å². The maximum atomic E-state index is 12.6. The normalized spacial score (nSPS) is 18.3. The molecule has 2 fully saturated rings. The van der Waals surface area contributed by atoms with Gasteiger partial charge in [0.25, 0.3) is 0 Å². The summed E-state index contributed by atoms with van der Waals surface area (Å²) in [4.78, 5) is 26.8. The molecule has 1 aliphatic carbocycles. The van der Waals surface area contributed by atoms with Crippen molar-refractivity contribution in [2.24, 2.45) is 5.92 Å². The number of likely N-dealkylation sites (tertiary alicyclic amines) is 1. The molecule has 1 heterocycles. The van der Waals surface area contributed by atoms with E-state index in [-0.39, 0.29) is 18.0 Å². The van der Waals surface area contributed by atoms with Crippen molar-refractivity contribution in [2.75, 3.05) is 26.7 Å². The molecule has 1 aromatic rings. The molecule has 0 aromatic heterocycles. The van der Waals surface area contributed by atoms with Gasteiger partial charge in [0.1, 0.15) is 5.75 Å². The molecule has 0 atom stereocenters. The lowest BCUT2D eigenvalue weighted by Gasteiger charge is -2.35. The van der Waals surface area contributed by atoms with E-state index in [1.54, 1.807) is 7.11 Å². The van der Waals surface area contributed by atoms with E-state index >= 15 is 0 Å². The lowest BCUT2D eigenvalue weighted by Crippen LogP contribution is -2.50. The molecule has 3 amide bonds. The average molecular weight is 402 g/mol. The zero-order chi connectivity index (χ0) is 20.5. The van der Waals surface area contributed by atoms with E-state index in [4.69, 9.17) is 4.74 Å². The second kappa shape index (κ2) is 11.1. The van der Waals surface area contributed by atoms with Gasteiger partial charge in [-0.15, -0.1) is 0 Å². The number of piperidine rings is 1. The van der Waals surface area contributed by atoms with Crippen LogP contribution in [-0.2, 0) is 11.2 Å². The number of aryl methyl sites for hydroxylation is 1. The summed E-state index contributed by atoms with van der Waals surface area (Å²) in [5.41, 5.74) is 1.21. The van der Waals surface area contributed by atoms with Gasteiger partial charge in [0, 0.05) is 31.6 Å². The Morgan fingerprint density at radius 3 is 2.59 bits per heavy atom. The van der Waals surface area contributed by atoms with E-state index in [0.717, 1.165) is 57.4 Å². The Kier molecular flexibility index (Phi) is 8.20. The van der Waals surface area contributed by atoms with Crippen molar-refractivity contribution < 1.29 is 14.3 Å². The zero-order valence-corrected chi connectivity index (χ0v) is 17.6. The maximum Gasteiger partial charge on any atom is 0.315 e. The van der Waals surface area contributed by atoms with Crippen molar-refractivity contribution in [3.05, 3.63) is 29.8 Å². The number of ether oxygens (including phenoxy) is 1. The Balaban J connectivity index is 1.29. The minimum absolute atomic E-state index is 0.104. The predicted molar refractivity (Wildman–Crippen MR) is 114 cm³/mol. The predicted octanol–water partition coefficient (Wildman–Crippen LogP) is 3.50. The molecule has 29 heavy (non-hydrogen) atoms. The molecule has 2 aliphatic rings. The third-order valence-corrected chi connectivity index (χ3v) is 6.16. The van der Waals surface area contributed by atoms with Crippen molar-refractivity contribution >= 4 is 11.9 Å². The van der Waals surface area contributed by atoms with Gasteiger partial charge in [-0.1, -0.05) is 31.4 Å². The average Bonchev–Trinajstić information content (AvgIpc) is 2.77. The smallest absolute Gasteiger partial charge is 0.315 e. The molecule has 0 unspecified atom stereocenters. The molecule has 0 spiro atoms. The Labute approximate surface area is 174 Å². The third kappa shape index (κ3) is 6.65. The van der Waals surface area contributed by atoms with Crippen LogP contribution in [0.4, 0.5) is 4.79 Å². The van der Waals surface area contributed by atoms with Crippen molar-refractivity contribution in [1.82, 2.24) is 15.5 Å². The van der Waals surface area contributed by atoms with Crippen LogP contribution < -0.4 is 15.4 Å². The van der Waals surface area contributed by atoms with Crippen molar-refractivity contribution in [3.63, 3.8) is 0 Å². The summed E-state index contributed by atoms with van der Waals surface area (Å²) in [6.07, 6.45) is 9.22. The number of hydrogen-bond acceptors (Lipinski definition) is 3. The van der Waals surface area contributed by atoms with Gasteiger partial charge in [0.15, 0.2) is 0 Å². The van der Waals surface area contributed by atoms with Crippen LogP contribution in [-0.4, -0.2) is 49.6 Å². The SMILES string of the molecule is COc1cccc(CCCNC(=O)NC2CCN(C(=O)C3CCCCC3)CC2)c1. The Hall–Kier alpha value is -2.24. The largest absolute Gasteiger partial charge is 0.497 e. The van der Waals surface area contributed by atoms with Crippen LogP contribution in [0.5, 0.6) is 5.75 Å². The van der Waals surface area contributed by atoms with E-state index in [2.05, 4.69) is 16.7 Å². The molecular weight excluding hydrogens is 366 g/mol. The van der Waals surface area contributed by atoms with Crippen LogP contribution in [0.3, 0.4) is 0 Å². The number of nitrogens with one attached hydrogen (secondary N) is 2. The van der Waals surface area contributed by atoms with Crippen molar-refractivity contribution in [1.29, 1.82) is 0 Å². The summed E-state index contributed by atoms with van der Waals surface area (Å²) in [6.45, 7) is 2.16. The summed E-state index contributed by atoms with van der Waals surface area (Å²) in [6, 6.07) is 8.08. The van der Waals surface area contributed by atoms with E-state index in [0.29, 0.717) is 12.5 Å². The second-order valence-corrected chi connectivity index (χ2v) is 8.29. The molecule has 1 saturated carbocycles. The van der Waals surface area contributed by atoms with Gasteiger partial charge < -0.3 is 20.3 Å². The van der Waals surface area contributed by atoms with Crippen LogP contribution >= 0.6 is 0 Å². The number of benzene rings is 1. The highest BCUT2D eigenvalue weighted by Gasteiger charge is 2.29. The fourth-order valence-electron chi connectivity index (χ4n) is 4.41. The topological polar surface area (TPSA) is 70.7 Å². The summed E-state index contributed by atoms with van der Waals surface area (Å²) >= 11 is 0. The van der Waals surface area contributed by atoms with Gasteiger partial charge in [0.2, 0.25) is 5.91 Å². The minimum atomic E-state index is -0.104. The molecule has 0 bridgehead atoms. The van der Waals surface area contributed by atoms with Crippen LogP contribution in [0.25, 0.3) is 0 Å². The molecule has 1 aromatic carbocycles. The molecule has 3 rings (SSSR count). The molecule has 6 nitrogen and oxygen atoms in total. The van der Waals surface area contributed by atoms with Crippen LogP contribution in [0.1, 0.15) is 56.9 Å². The Morgan fingerprint density at radius 2 is 1.86 bits per heavy atom. The number of carbonyl (C=O) groups excluding carboxylic acids is 2. The molecular formula is C23H35N3O3. The number of amides is 3. The zero-order valence-electron chi connectivity index (χ0n) is 17.6.